The number of halogens is 1. The number of hydrogen-bond acceptors (Lipinski definition) is 6. The van der Waals surface area contributed by atoms with Crippen molar-refractivity contribution in [3.8, 4) is 17.2 Å². The summed E-state index contributed by atoms with van der Waals surface area (Å²) >= 11 is 7.59. The van der Waals surface area contributed by atoms with Crippen LogP contribution >= 0.6 is 22.9 Å². The molecule has 2 aromatic heterocycles. The van der Waals surface area contributed by atoms with E-state index in [1.807, 2.05) is 49.4 Å². The minimum absolute atomic E-state index is 0.0200. The number of carboxylic acid groups (broad SMARTS) is 1. The third-order valence-corrected chi connectivity index (χ3v) is 7.62. The van der Waals surface area contributed by atoms with E-state index in [1.54, 1.807) is 15.7 Å². The number of aliphatic carboxylic acids is 1. The second kappa shape index (κ2) is 10.8. The van der Waals surface area contributed by atoms with Crippen molar-refractivity contribution in [2.45, 2.75) is 39.3 Å². The second-order valence-corrected chi connectivity index (χ2v) is 10.0. The Morgan fingerprint density at radius 2 is 1.89 bits per heavy atom. The first kappa shape index (κ1) is 25.0. The molecule has 9 heteroatoms. The quantitative estimate of drug-likeness (QED) is 0.275. The normalized spacial score (nSPS) is 12.5. The van der Waals surface area contributed by atoms with Crippen molar-refractivity contribution in [3.05, 3.63) is 92.0 Å². The van der Waals surface area contributed by atoms with Crippen LogP contribution in [0.4, 0.5) is 0 Å². The average Bonchev–Trinajstić information content (AvgIpc) is 3.62. The fourth-order valence-electron chi connectivity index (χ4n) is 4.51. The molecule has 0 fully saturated rings. The van der Waals surface area contributed by atoms with Crippen LogP contribution in [0.5, 0.6) is 5.75 Å². The highest BCUT2D eigenvalue weighted by molar-refractivity contribution is 7.08. The van der Waals surface area contributed by atoms with Crippen molar-refractivity contribution in [1.29, 1.82) is 0 Å². The van der Waals surface area contributed by atoms with Crippen LogP contribution in [0, 0.1) is 6.92 Å². The van der Waals surface area contributed by atoms with Gasteiger partial charge in [-0.05, 0) is 42.7 Å². The lowest BCUT2D eigenvalue weighted by Gasteiger charge is -2.15. The summed E-state index contributed by atoms with van der Waals surface area (Å²) in [5.74, 6) is 1.01. The van der Waals surface area contributed by atoms with Crippen molar-refractivity contribution in [2.24, 2.45) is 0 Å². The smallest absolute Gasteiger partial charge is 0.303 e. The highest BCUT2D eigenvalue weighted by atomic mass is 35.5. The molecule has 190 valence electrons. The van der Waals surface area contributed by atoms with Gasteiger partial charge in [-0.3, -0.25) is 9.59 Å². The van der Waals surface area contributed by atoms with Gasteiger partial charge >= 0.3 is 5.97 Å². The van der Waals surface area contributed by atoms with Crippen LogP contribution in [0.25, 0.3) is 11.5 Å². The van der Waals surface area contributed by atoms with Crippen LogP contribution < -0.4 is 4.74 Å². The van der Waals surface area contributed by atoms with E-state index in [9.17, 15) is 14.7 Å². The van der Waals surface area contributed by atoms with Gasteiger partial charge in [0, 0.05) is 41.3 Å². The summed E-state index contributed by atoms with van der Waals surface area (Å²) in [5.41, 5.74) is 4.99. The lowest BCUT2D eigenvalue weighted by molar-refractivity contribution is -0.136. The zero-order chi connectivity index (χ0) is 25.9. The fraction of sp³-hybridized carbons (Fsp3) is 0.250. The van der Waals surface area contributed by atoms with Crippen LogP contribution in [0.3, 0.4) is 0 Å². The Morgan fingerprint density at radius 3 is 2.62 bits per heavy atom. The summed E-state index contributed by atoms with van der Waals surface area (Å²) in [4.78, 5) is 30.7. The number of ether oxygens (including phenoxy) is 1. The molecule has 7 nitrogen and oxygen atoms in total. The van der Waals surface area contributed by atoms with E-state index >= 15 is 0 Å². The van der Waals surface area contributed by atoms with E-state index in [0.717, 1.165) is 33.7 Å². The largest absolute Gasteiger partial charge is 0.493 e. The topological polar surface area (TPSA) is 92.9 Å². The van der Waals surface area contributed by atoms with Gasteiger partial charge in [-0.25, -0.2) is 4.98 Å². The number of oxazole rings is 1. The Hall–Kier alpha value is -3.62. The van der Waals surface area contributed by atoms with Gasteiger partial charge in [0.2, 0.25) is 5.89 Å². The first-order chi connectivity index (χ1) is 17.9. The number of carboxylic acids is 1. The molecule has 0 saturated carbocycles. The van der Waals surface area contributed by atoms with E-state index in [1.165, 1.54) is 11.3 Å². The molecule has 1 aliphatic heterocycles. The number of nitrogens with zero attached hydrogens (tertiary/aromatic N) is 2. The molecule has 3 heterocycles. The molecular weight excluding hydrogens is 512 g/mol. The number of aryl methyl sites for hydroxylation is 2. The molecule has 0 unspecified atom stereocenters. The summed E-state index contributed by atoms with van der Waals surface area (Å²) in [6, 6.07) is 13.5. The number of aromatic nitrogens is 1. The van der Waals surface area contributed by atoms with Gasteiger partial charge in [0.1, 0.15) is 11.5 Å². The zero-order valence-corrected chi connectivity index (χ0v) is 21.8. The van der Waals surface area contributed by atoms with Gasteiger partial charge in [-0.2, -0.15) is 0 Å². The molecule has 0 bridgehead atoms. The molecule has 0 spiro atoms. The molecule has 0 aliphatic carbocycles. The van der Waals surface area contributed by atoms with Crippen molar-refractivity contribution in [1.82, 2.24) is 9.88 Å². The molecule has 1 aliphatic rings. The summed E-state index contributed by atoms with van der Waals surface area (Å²) < 4.78 is 12.0. The first-order valence-electron chi connectivity index (χ1n) is 11.9. The SMILES string of the molecule is Cc1oc(-c2ccccc2)nc1CCOc1ccc(CCC(=O)O)c2c1CN(C(=O)c1cscc1Cl)C2. The molecule has 0 radical (unpaired) electrons. The Labute approximate surface area is 223 Å². The predicted octanol–water partition coefficient (Wildman–Crippen LogP) is 6.16. The number of carbonyl (C=O) groups is 2. The number of carbonyl (C=O) groups excluding carboxylic acids is 1. The second-order valence-electron chi connectivity index (χ2n) is 8.85. The average molecular weight is 537 g/mol. The van der Waals surface area contributed by atoms with Gasteiger partial charge < -0.3 is 19.2 Å². The third kappa shape index (κ3) is 5.40. The van der Waals surface area contributed by atoms with Crippen LogP contribution in [-0.2, 0) is 30.7 Å². The summed E-state index contributed by atoms with van der Waals surface area (Å²) in [7, 11) is 0. The Bertz CT molecular complexity index is 1450. The van der Waals surface area contributed by atoms with E-state index in [4.69, 9.17) is 20.8 Å². The molecule has 1 N–H and O–H groups in total. The highest BCUT2D eigenvalue weighted by Crippen LogP contribution is 2.36. The third-order valence-electron chi connectivity index (χ3n) is 6.43. The van der Waals surface area contributed by atoms with Gasteiger partial charge in [-0.15, -0.1) is 11.3 Å². The predicted molar refractivity (Wildman–Crippen MR) is 141 cm³/mol. The van der Waals surface area contributed by atoms with Crippen molar-refractivity contribution < 1.29 is 23.8 Å². The number of hydrogen-bond donors (Lipinski definition) is 1. The number of benzene rings is 2. The molecule has 2 aromatic carbocycles. The number of amides is 1. The van der Waals surface area contributed by atoms with E-state index in [-0.39, 0.29) is 12.3 Å². The van der Waals surface area contributed by atoms with Crippen molar-refractivity contribution in [2.75, 3.05) is 6.61 Å². The lowest BCUT2D eigenvalue weighted by Crippen LogP contribution is -2.25. The van der Waals surface area contributed by atoms with Crippen molar-refractivity contribution in [3.63, 3.8) is 0 Å². The number of thiophene rings is 1. The van der Waals surface area contributed by atoms with Crippen LogP contribution in [-0.4, -0.2) is 33.5 Å². The molecule has 4 aromatic rings. The van der Waals surface area contributed by atoms with E-state index in [2.05, 4.69) is 4.98 Å². The molecule has 1 amide bonds. The first-order valence-corrected chi connectivity index (χ1v) is 13.2. The Balaban J connectivity index is 1.33. The summed E-state index contributed by atoms with van der Waals surface area (Å²) in [6.07, 6.45) is 0.969. The van der Waals surface area contributed by atoms with Crippen LogP contribution in [0.1, 0.15) is 44.9 Å². The van der Waals surface area contributed by atoms with Crippen molar-refractivity contribution >= 4 is 34.8 Å². The monoisotopic (exact) mass is 536 g/mol. The minimum atomic E-state index is -0.858. The molecule has 37 heavy (non-hydrogen) atoms. The maximum atomic E-state index is 13.1. The van der Waals surface area contributed by atoms with E-state index < -0.39 is 5.97 Å². The van der Waals surface area contributed by atoms with Gasteiger partial charge in [-0.1, -0.05) is 35.9 Å². The zero-order valence-electron chi connectivity index (χ0n) is 20.2. The van der Waals surface area contributed by atoms with E-state index in [0.29, 0.717) is 54.8 Å². The Kier molecular flexibility index (Phi) is 7.30. The summed E-state index contributed by atoms with van der Waals surface area (Å²) in [5, 5.41) is 13.1. The fourth-order valence-corrected chi connectivity index (χ4v) is 5.54. The van der Waals surface area contributed by atoms with Crippen LogP contribution in [0.2, 0.25) is 5.02 Å². The Morgan fingerprint density at radius 1 is 1.11 bits per heavy atom. The number of fused-ring (bicyclic) bond motifs is 1. The summed E-state index contributed by atoms with van der Waals surface area (Å²) in [6.45, 7) is 3.03. The standard InChI is InChI=1S/C28H25ClN2O5S/c1-17-24(30-27(36-17)19-5-3-2-4-6-19)11-12-35-25-9-7-18(8-10-26(32)33)20-13-31(14-21(20)25)28(34)22-15-37-16-23(22)29/h2-7,9,15-16H,8,10-14H2,1H3,(H,32,33). The molecule has 0 atom stereocenters. The maximum absolute atomic E-state index is 13.1. The van der Waals surface area contributed by atoms with Gasteiger partial charge in [0.15, 0.2) is 0 Å². The highest BCUT2D eigenvalue weighted by Gasteiger charge is 2.30. The minimum Gasteiger partial charge on any atom is -0.493 e. The van der Waals surface area contributed by atoms with Gasteiger partial charge in [0.25, 0.3) is 5.91 Å². The maximum Gasteiger partial charge on any atom is 0.303 e. The van der Waals surface area contributed by atoms with Crippen LogP contribution in [0.15, 0.2) is 57.6 Å². The number of rotatable bonds is 9. The van der Waals surface area contributed by atoms with Gasteiger partial charge in [0.05, 0.1) is 29.4 Å². The molecular formula is C28H25ClN2O5S. The lowest BCUT2D eigenvalue weighted by atomic mass is 9.99. The molecule has 0 saturated heterocycles. The molecule has 5 rings (SSSR count).